The number of benzene rings is 1. The first-order valence-corrected chi connectivity index (χ1v) is 6.86. The van der Waals surface area contributed by atoms with Crippen LogP contribution in [0.4, 0.5) is 0 Å². The summed E-state index contributed by atoms with van der Waals surface area (Å²) in [6.07, 6.45) is 0. The molecule has 1 atom stereocenters. The van der Waals surface area contributed by atoms with Crippen molar-refractivity contribution in [2.75, 3.05) is 0 Å². The molecule has 0 aliphatic carbocycles. The third-order valence-corrected chi connectivity index (χ3v) is 3.11. The fraction of sp³-hybridized carbons (Fsp3) is 0.273. The number of hydrogen-bond donors (Lipinski definition) is 3. The Bertz CT molecular complexity index is 567. The molecule has 2 amide bonds. The van der Waals surface area contributed by atoms with Crippen LogP contribution in [-0.4, -0.2) is 30.2 Å². The van der Waals surface area contributed by atoms with E-state index in [0.29, 0.717) is 0 Å². The molecule has 0 aliphatic rings. The molecule has 0 heterocycles. The molecule has 0 saturated carbocycles. The van der Waals surface area contributed by atoms with E-state index in [1.807, 2.05) is 5.32 Å². The van der Waals surface area contributed by atoms with Crippen LogP contribution >= 0.6 is 0 Å². The molecule has 106 valence electrons. The molecule has 1 rings (SSSR count). The summed E-state index contributed by atoms with van der Waals surface area (Å²) in [6, 6.07) is 8.79. The zero-order valence-electron chi connectivity index (χ0n) is 12.2. The average Bonchev–Trinajstić information content (AvgIpc) is 2.33. The molecule has 3 N–H and O–H groups in total. The zero-order valence-corrected chi connectivity index (χ0v) is 15.1. The summed E-state index contributed by atoms with van der Waals surface area (Å²) < 4.78 is 30.9. The summed E-state index contributed by atoms with van der Waals surface area (Å²) in [5, 5.41) is 2.18. The molecular formula is C11H15KN2O5S. The van der Waals surface area contributed by atoms with Gasteiger partial charge in [0.05, 0.1) is 0 Å². The van der Waals surface area contributed by atoms with Crippen LogP contribution in [0.5, 0.6) is 0 Å². The Morgan fingerprint density at radius 2 is 1.85 bits per heavy atom. The first kappa shape index (κ1) is 19.7. The van der Waals surface area contributed by atoms with E-state index in [9.17, 15) is 18.0 Å². The van der Waals surface area contributed by atoms with Crippen molar-refractivity contribution in [1.82, 2.24) is 10.6 Å². The van der Waals surface area contributed by atoms with E-state index in [2.05, 4.69) is 5.32 Å². The van der Waals surface area contributed by atoms with Gasteiger partial charge in [-0.25, -0.2) is 0 Å². The number of nitrogens with one attached hydrogen (secondary N) is 2. The molecule has 0 aliphatic heterocycles. The van der Waals surface area contributed by atoms with Gasteiger partial charge in [-0.2, -0.15) is 8.42 Å². The third kappa shape index (κ3) is 6.93. The van der Waals surface area contributed by atoms with Gasteiger partial charge in [0, 0.05) is 13.5 Å². The van der Waals surface area contributed by atoms with Gasteiger partial charge in [0.1, 0.15) is 0 Å². The van der Waals surface area contributed by atoms with Gasteiger partial charge in [-0.1, -0.05) is 30.3 Å². The van der Waals surface area contributed by atoms with Crippen LogP contribution in [0.25, 0.3) is 0 Å². The predicted molar refractivity (Wildman–Crippen MR) is 68.6 cm³/mol. The Balaban J connectivity index is 0. The molecule has 1 unspecified atom stereocenters. The minimum atomic E-state index is -4.71. The van der Waals surface area contributed by atoms with Crippen molar-refractivity contribution < 1.29 is 75.4 Å². The van der Waals surface area contributed by atoms with E-state index in [1.54, 1.807) is 30.3 Å². The van der Waals surface area contributed by atoms with Gasteiger partial charge >= 0.3 is 51.4 Å². The van der Waals surface area contributed by atoms with Gasteiger partial charge < -0.3 is 12.1 Å². The molecule has 7 nitrogen and oxygen atoms in total. The fourth-order valence-electron chi connectivity index (χ4n) is 1.34. The van der Waals surface area contributed by atoms with Crippen LogP contribution in [0.3, 0.4) is 0 Å². The second-order valence-electron chi connectivity index (χ2n) is 3.80. The van der Waals surface area contributed by atoms with Crippen molar-refractivity contribution in [2.24, 2.45) is 0 Å². The fourth-order valence-corrected chi connectivity index (χ4v) is 2.01. The van der Waals surface area contributed by atoms with Crippen LogP contribution < -0.4 is 62.0 Å². The largest absolute Gasteiger partial charge is 1.00 e. The third-order valence-electron chi connectivity index (χ3n) is 2.18. The molecule has 1 aromatic rings. The number of amides is 2. The zero-order chi connectivity index (χ0) is 14.5. The van der Waals surface area contributed by atoms with E-state index in [4.69, 9.17) is 4.55 Å². The van der Waals surface area contributed by atoms with Gasteiger partial charge in [0.15, 0.2) is 0 Å². The van der Waals surface area contributed by atoms with Crippen molar-refractivity contribution in [3.8, 4) is 0 Å². The van der Waals surface area contributed by atoms with E-state index >= 15 is 0 Å². The predicted octanol–water partition coefficient (Wildman–Crippen LogP) is -3.23. The standard InChI is InChI=1S/C11H14N2O5S.K.H/c1-8(14)13-11(19(16,17)18)10(15)12-7-9-5-3-2-4-6-9;;/h2-6,11H,7H2,1H3,(H,12,15)(H,13,14)(H,16,17,18);;/q;+1;-1. The molecule has 0 fully saturated rings. The van der Waals surface area contributed by atoms with E-state index in [0.717, 1.165) is 12.5 Å². The van der Waals surface area contributed by atoms with Crippen LogP contribution in [0.2, 0.25) is 0 Å². The Morgan fingerprint density at radius 1 is 1.30 bits per heavy atom. The first-order chi connectivity index (χ1) is 8.80. The molecule has 9 heteroatoms. The quantitative estimate of drug-likeness (QED) is 0.389. The van der Waals surface area contributed by atoms with Crippen LogP contribution in [0.1, 0.15) is 13.9 Å². The van der Waals surface area contributed by atoms with Crippen LogP contribution in [-0.2, 0) is 26.3 Å². The van der Waals surface area contributed by atoms with E-state index in [-0.39, 0.29) is 59.4 Å². The van der Waals surface area contributed by atoms with Crippen molar-refractivity contribution >= 4 is 21.9 Å². The van der Waals surface area contributed by atoms with Crippen LogP contribution in [0.15, 0.2) is 30.3 Å². The number of carbonyl (C=O) groups excluding carboxylic acids is 2. The minimum absolute atomic E-state index is 0. The maximum absolute atomic E-state index is 11.6. The SMILES string of the molecule is CC(=O)NC(C(=O)NCc1ccccc1)S(=O)(=O)O.[H-].[K+]. The van der Waals surface area contributed by atoms with Gasteiger partial charge in [0.25, 0.3) is 16.0 Å². The normalized spacial score (nSPS) is 11.9. The molecule has 0 aromatic heterocycles. The topological polar surface area (TPSA) is 113 Å². The van der Waals surface area contributed by atoms with Crippen molar-refractivity contribution in [1.29, 1.82) is 0 Å². The minimum Gasteiger partial charge on any atom is -1.00 e. The van der Waals surface area contributed by atoms with Gasteiger partial charge in [-0.3, -0.25) is 14.1 Å². The number of rotatable bonds is 5. The maximum Gasteiger partial charge on any atom is 1.00 e. The number of hydrogen-bond acceptors (Lipinski definition) is 4. The Morgan fingerprint density at radius 3 is 2.30 bits per heavy atom. The molecule has 20 heavy (non-hydrogen) atoms. The summed E-state index contributed by atoms with van der Waals surface area (Å²) in [6.45, 7) is 1.13. The molecule has 1 aromatic carbocycles. The summed E-state index contributed by atoms with van der Waals surface area (Å²) in [4.78, 5) is 22.4. The smallest absolute Gasteiger partial charge is 1.00 e. The average molecular weight is 326 g/mol. The Kier molecular flexibility index (Phi) is 8.74. The van der Waals surface area contributed by atoms with Crippen molar-refractivity contribution in [2.45, 2.75) is 18.8 Å². The number of carbonyl (C=O) groups is 2. The van der Waals surface area contributed by atoms with Crippen LogP contribution in [0, 0.1) is 0 Å². The van der Waals surface area contributed by atoms with Crippen molar-refractivity contribution in [3.63, 3.8) is 0 Å². The van der Waals surface area contributed by atoms with Gasteiger partial charge in [-0.05, 0) is 5.56 Å². The van der Waals surface area contributed by atoms with Crippen molar-refractivity contribution in [3.05, 3.63) is 35.9 Å². The maximum atomic E-state index is 11.6. The Labute approximate surface area is 161 Å². The van der Waals surface area contributed by atoms with E-state index in [1.165, 1.54) is 0 Å². The Hall–Kier alpha value is -0.294. The van der Waals surface area contributed by atoms with E-state index < -0.39 is 27.3 Å². The summed E-state index contributed by atoms with van der Waals surface area (Å²) in [5.41, 5.74) is 0.757. The molecule has 0 spiro atoms. The summed E-state index contributed by atoms with van der Waals surface area (Å²) >= 11 is 0. The molecular weight excluding hydrogens is 311 g/mol. The van der Waals surface area contributed by atoms with Gasteiger partial charge in [-0.15, -0.1) is 0 Å². The second-order valence-corrected chi connectivity index (χ2v) is 5.30. The first-order valence-electron chi connectivity index (χ1n) is 5.35. The van der Waals surface area contributed by atoms with Gasteiger partial charge in [0.2, 0.25) is 11.3 Å². The molecule has 0 bridgehead atoms. The summed E-state index contributed by atoms with van der Waals surface area (Å²) in [5.74, 6) is -1.74. The monoisotopic (exact) mass is 326 g/mol. The molecule has 0 saturated heterocycles. The second kappa shape index (κ2) is 8.87. The summed E-state index contributed by atoms with van der Waals surface area (Å²) in [7, 11) is -4.71. The molecule has 0 radical (unpaired) electrons.